The highest BCUT2D eigenvalue weighted by atomic mass is 16.5. The van der Waals surface area contributed by atoms with E-state index in [0.717, 1.165) is 54.6 Å². The Balaban J connectivity index is 1.57. The van der Waals surface area contributed by atoms with E-state index < -0.39 is 0 Å². The maximum Gasteiger partial charge on any atom is 0.272 e. The lowest BCUT2D eigenvalue weighted by Gasteiger charge is -2.28. The number of fused-ring (bicyclic) bond motifs is 2. The number of carbonyl (C=O) groups is 1. The van der Waals surface area contributed by atoms with E-state index in [1.807, 2.05) is 12.1 Å². The standard InChI is InChI=1S/C24H32N6O2/c1-17(2)7-13-30-21-8-12-29(15-18-5-4-6-20-22(18)26-10-9-25-20)16-19(21)23(28-30)24(31)27-11-14-32-3/h4-6,9-10,17H,7-8,11-16H2,1-3H3,(H,27,31). The Kier molecular flexibility index (Phi) is 7.12. The van der Waals surface area contributed by atoms with Gasteiger partial charge in [0.1, 0.15) is 0 Å². The molecule has 170 valence electrons. The van der Waals surface area contributed by atoms with Crippen LogP contribution in [0.5, 0.6) is 0 Å². The molecule has 1 aromatic carbocycles. The SMILES string of the molecule is COCCNC(=O)c1nn(CCC(C)C)c2c1CN(Cc1cccc3nccnc13)CC2. The summed E-state index contributed by atoms with van der Waals surface area (Å²) in [6.07, 6.45) is 5.38. The molecule has 3 heterocycles. The van der Waals surface area contributed by atoms with Crippen LogP contribution in [0.15, 0.2) is 30.6 Å². The number of para-hydroxylation sites is 1. The van der Waals surface area contributed by atoms with Crippen LogP contribution in [0.25, 0.3) is 11.0 Å². The summed E-state index contributed by atoms with van der Waals surface area (Å²) in [5.41, 5.74) is 5.77. The van der Waals surface area contributed by atoms with Crippen LogP contribution in [0.3, 0.4) is 0 Å². The highest BCUT2D eigenvalue weighted by Crippen LogP contribution is 2.26. The van der Waals surface area contributed by atoms with Gasteiger partial charge >= 0.3 is 0 Å². The molecule has 2 aromatic heterocycles. The number of rotatable bonds is 9. The van der Waals surface area contributed by atoms with Gasteiger partial charge in [0.15, 0.2) is 5.69 Å². The third kappa shape index (κ3) is 4.97. The van der Waals surface area contributed by atoms with Gasteiger partial charge in [0, 0.05) is 69.9 Å². The minimum absolute atomic E-state index is 0.125. The summed E-state index contributed by atoms with van der Waals surface area (Å²) in [5.74, 6) is 0.459. The fraction of sp³-hybridized carbons (Fsp3) is 0.500. The highest BCUT2D eigenvalue weighted by Gasteiger charge is 2.28. The molecule has 0 aliphatic carbocycles. The van der Waals surface area contributed by atoms with Crippen molar-refractivity contribution in [2.75, 3.05) is 26.8 Å². The molecule has 32 heavy (non-hydrogen) atoms. The van der Waals surface area contributed by atoms with Crippen molar-refractivity contribution in [3.8, 4) is 0 Å². The first kappa shape index (κ1) is 22.4. The average molecular weight is 437 g/mol. The lowest BCUT2D eigenvalue weighted by molar-refractivity contribution is 0.0929. The second-order valence-corrected chi connectivity index (χ2v) is 8.73. The van der Waals surface area contributed by atoms with Gasteiger partial charge in [-0.1, -0.05) is 26.0 Å². The van der Waals surface area contributed by atoms with Crippen molar-refractivity contribution in [1.82, 2.24) is 30.0 Å². The Morgan fingerprint density at radius 1 is 1.25 bits per heavy atom. The van der Waals surface area contributed by atoms with Crippen LogP contribution in [0.4, 0.5) is 0 Å². The third-order valence-corrected chi connectivity index (χ3v) is 5.91. The van der Waals surface area contributed by atoms with Gasteiger partial charge < -0.3 is 10.1 Å². The van der Waals surface area contributed by atoms with Gasteiger partial charge in [0.2, 0.25) is 0 Å². The van der Waals surface area contributed by atoms with Crippen LogP contribution in [0.2, 0.25) is 0 Å². The van der Waals surface area contributed by atoms with E-state index in [2.05, 4.69) is 44.8 Å². The van der Waals surface area contributed by atoms with E-state index in [1.165, 1.54) is 5.69 Å². The number of amides is 1. The Morgan fingerprint density at radius 3 is 2.91 bits per heavy atom. The number of ether oxygens (including phenoxy) is 1. The number of methoxy groups -OCH3 is 1. The zero-order chi connectivity index (χ0) is 22.5. The summed E-state index contributed by atoms with van der Waals surface area (Å²) in [6, 6.07) is 6.12. The smallest absolute Gasteiger partial charge is 0.272 e. The number of hydrogen-bond donors (Lipinski definition) is 1. The van der Waals surface area contributed by atoms with E-state index in [9.17, 15) is 4.79 Å². The first-order valence-electron chi connectivity index (χ1n) is 11.3. The molecule has 4 rings (SSSR count). The lowest BCUT2D eigenvalue weighted by atomic mass is 10.0. The molecule has 1 N–H and O–H groups in total. The topological polar surface area (TPSA) is 85.2 Å². The van der Waals surface area contributed by atoms with Crippen molar-refractivity contribution in [3.63, 3.8) is 0 Å². The van der Waals surface area contributed by atoms with Gasteiger partial charge in [-0.25, -0.2) is 0 Å². The van der Waals surface area contributed by atoms with Crippen LogP contribution >= 0.6 is 0 Å². The number of carbonyl (C=O) groups excluding carboxylic acids is 1. The zero-order valence-electron chi connectivity index (χ0n) is 19.2. The van der Waals surface area contributed by atoms with Gasteiger partial charge in [0.25, 0.3) is 5.91 Å². The van der Waals surface area contributed by atoms with E-state index in [1.54, 1.807) is 19.5 Å². The largest absolute Gasteiger partial charge is 0.383 e. The fourth-order valence-electron chi connectivity index (χ4n) is 4.20. The van der Waals surface area contributed by atoms with Gasteiger partial charge in [-0.3, -0.25) is 24.3 Å². The normalized spacial score (nSPS) is 14.1. The van der Waals surface area contributed by atoms with Crippen molar-refractivity contribution >= 4 is 16.9 Å². The van der Waals surface area contributed by atoms with Crippen LogP contribution in [-0.4, -0.2) is 57.4 Å². The molecule has 1 amide bonds. The van der Waals surface area contributed by atoms with E-state index in [-0.39, 0.29) is 5.91 Å². The number of aromatic nitrogens is 4. The minimum atomic E-state index is -0.125. The molecule has 0 bridgehead atoms. The van der Waals surface area contributed by atoms with Crippen LogP contribution in [-0.2, 0) is 30.8 Å². The van der Waals surface area contributed by atoms with Crippen molar-refractivity contribution in [1.29, 1.82) is 0 Å². The third-order valence-electron chi connectivity index (χ3n) is 5.91. The van der Waals surface area contributed by atoms with Gasteiger partial charge in [-0.05, 0) is 24.0 Å². The van der Waals surface area contributed by atoms with E-state index >= 15 is 0 Å². The van der Waals surface area contributed by atoms with E-state index in [0.29, 0.717) is 31.3 Å². The van der Waals surface area contributed by atoms with Crippen molar-refractivity contribution in [2.45, 2.75) is 46.3 Å². The second kappa shape index (κ2) is 10.2. The predicted molar refractivity (Wildman–Crippen MR) is 123 cm³/mol. The average Bonchev–Trinajstić information content (AvgIpc) is 3.16. The molecule has 0 atom stereocenters. The first-order chi connectivity index (χ1) is 15.6. The summed E-state index contributed by atoms with van der Waals surface area (Å²) >= 11 is 0. The number of nitrogens with one attached hydrogen (secondary N) is 1. The molecular weight excluding hydrogens is 404 g/mol. The second-order valence-electron chi connectivity index (χ2n) is 8.73. The molecule has 0 unspecified atom stereocenters. The molecule has 1 aliphatic heterocycles. The van der Waals surface area contributed by atoms with E-state index in [4.69, 9.17) is 9.84 Å². The summed E-state index contributed by atoms with van der Waals surface area (Å²) in [6.45, 7) is 8.59. The number of nitrogens with zero attached hydrogens (tertiary/aromatic N) is 5. The van der Waals surface area contributed by atoms with Crippen LogP contribution < -0.4 is 5.32 Å². The molecule has 0 spiro atoms. The van der Waals surface area contributed by atoms with Crippen molar-refractivity contribution < 1.29 is 9.53 Å². The molecule has 0 saturated heterocycles. The maximum atomic E-state index is 12.9. The molecule has 8 nitrogen and oxygen atoms in total. The predicted octanol–water partition coefficient (Wildman–Crippen LogP) is 2.81. The quantitative estimate of drug-likeness (QED) is 0.519. The van der Waals surface area contributed by atoms with Gasteiger partial charge in [-0.15, -0.1) is 0 Å². The molecular formula is C24H32N6O2. The van der Waals surface area contributed by atoms with Crippen LogP contribution in [0, 0.1) is 5.92 Å². The number of aryl methyl sites for hydroxylation is 1. The summed E-state index contributed by atoms with van der Waals surface area (Å²) < 4.78 is 7.13. The Labute approximate surface area is 189 Å². The number of benzene rings is 1. The number of hydrogen-bond acceptors (Lipinski definition) is 6. The monoisotopic (exact) mass is 436 g/mol. The molecule has 0 radical (unpaired) electrons. The summed E-state index contributed by atoms with van der Waals surface area (Å²) in [4.78, 5) is 24.2. The maximum absolute atomic E-state index is 12.9. The van der Waals surface area contributed by atoms with Gasteiger partial charge in [-0.2, -0.15) is 5.10 Å². The Hall–Kier alpha value is -2.84. The van der Waals surface area contributed by atoms with Crippen LogP contribution in [0.1, 0.15) is 47.6 Å². The first-order valence-corrected chi connectivity index (χ1v) is 11.3. The molecule has 8 heteroatoms. The molecule has 0 saturated carbocycles. The summed E-state index contributed by atoms with van der Waals surface area (Å²) in [7, 11) is 1.63. The minimum Gasteiger partial charge on any atom is -0.383 e. The highest BCUT2D eigenvalue weighted by molar-refractivity contribution is 5.94. The zero-order valence-corrected chi connectivity index (χ0v) is 19.2. The molecule has 1 aliphatic rings. The van der Waals surface area contributed by atoms with Gasteiger partial charge in [0.05, 0.1) is 17.6 Å². The Bertz CT molecular complexity index is 1070. The summed E-state index contributed by atoms with van der Waals surface area (Å²) in [5, 5.41) is 7.69. The van der Waals surface area contributed by atoms with Crippen molar-refractivity contribution in [3.05, 3.63) is 53.1 Å². The Morgan fingerprint density at radius 2 is 2.09 bits per heavy atom. The molecule has 3 aromatic rings. The fourth-order valence-corrected chi connectivity index (χ4v) is 4.20. The molecule has 0 fully saturated rings. The van der Waals surface area contributed by atoms with Crippen molar-refractivity contribution in [2.24, 2.45) is 5.92 Å². The lowest BCUT2D eigenvalue weighted by Crippen LogP contribution is -2.33.